The highest BCUT2D eigenvalue weighted by Gasteiger charge is 2.11. The van der Waals surface area contributed by atoms with E-state index < -0.39 is 12.1 Å². The van der Waals surface area contributed by atoms with Crippen LogP contribution in [0.5, 0.6) is 0 Å². The van der Waals surface area contributed by atoms with Crippen LogP contribution in [0.4, 0.5) is 0 Å². The molecule has 0 saturated heterocycles. The van der Waals surface area contributed by atoms with E-state index in [1.165, 1.54) is 19.3 Å². The number of allylic oxidation sites excluding steroid dienone is 2. The Morgan fingerprint density at radius 3 is 2.67 bits per heavy atom. The van der Waals surface area contributed by atoms with Gasteiger partial charge in [-0.15, -0.1) is 0 Å². The molecule has 0 aliphatic rings. The zero-order chi connectivity index (χ0) is 15.8. The number of aliphatic hydroxyl groups excluding tert-OH is 1. The number of aliphatic hydroxyl groups is 1. The Bertz CT molecular complexity index is 415. The molecule has 0 rings (SSSR count). The van der Waals surface area contributed by atoms with Crippen molar-refractivity contribution in [1.82, 2.24) is 0 Å². The van der Waals surface area contributed by atoms with Gasteiger partial charge >= 0.3 is 5.97 Å². The standard InChI is InChI=1S/C18H26O3/c1-2-3-4-5-6-7-8-9-10-11-12-13-14-15-16-17(19)18(20)21/h6-7,17,19H,2-5,12-16H2,1H3,(H,20,21). The lowest BCUT2D eigenvalue weighted by Crippen LogP contribution is -2.18. The third-order valence-electron chi connectivity index (χ3n) is 2.96. The van der Waals surface area contributed by atoms with Crippen LogP contribution in [0.3, 0.4) is 0 Å². The Hall–Kier alpha value is -1.71. The Morgan fingerprint density at radius 1 is 1.14 bits per heavy atom. The normalized spacial score (nSPS) is 11.3. The summed E-state index contributed by atoms with van der Waals surface area (Å²) in [5.74, 6) is 10.3. The molecule has 0 aromatic heterocycles. The second-order valence-corrected chi connectivity index (χ2v) is 4.92. The molecule has 116 valence electrons. The lowest BCUT2D eigenvalue weighted by atomic mass is 10.1. The fraction of sp³-hybridized carbons (Fsp3) is 0.611. The molecule has 0 heterocycles. The molecule has 0 fully saturated rings. The van der Waals surface area contributed by atoms with Gasteiger partial charge in [-0.1, -0.05) is 50.5 Å². The Balaban J connectivity index is 3.52. The van der Waals surface area contributed by atoms with Crippen LogP contribution in [0.25, 0.3) is 0 Å². The Labute approximate surface area is 128 Å². The molecule has 1 atom stereocenters. The maximum absolute atomic E-state index is 10.4. The van der Waals surface area contributed by atoms with Gasteiger partial charge in [-0.25, -0.2) is 4.79 Å². The summed E-state index contributed by atoms with van der Waals surface area (Å²) in [7, 11) is 0. The fourth-order valence-corrected chi connectivity index (χ4v) is 1.69. The predicted molar refractivity (Wildman–Crippen MR) is 85.6 cm³/mol. The SMILES string of the molecule is CCCCCC=CC#CC#CCCCCCC(O)C(=O)O. The van der Waals surface area contributed by atoms with Crippen LogP contribution < -0.4 is 0 Å². The van der Waals surface area contributed by atoms with Crippen LogP contribution >= 0.6 is 0 Å². The van der Waals surface area contributed by atoms with E-state index in [4.69, 9.17) is 10.2 Å². The van der Waals surface area contributed by atoms with E-state index in [9.17, 15) is 4.79 Å². The van der Waals surface area contributed by atoms with Crippen molar-refractivity contribution < 1.29 is 15.0 Å². The quantitative estimate of drug-likeness (QED) is 0.478. The monoisotopic (exact) mass is 290 g/mol. The summed E-state index contributed by atoms with van der Waals surface area (Å²) in [5, 5.41) is 17.6. The first-order chi connectivity index (χ1) is 10.2. The summed E-state index contributed by atoms with van der Waals surface area (Å²) in [6.45, 7) is 2.19. The molecule has 1 unspecified atom stereocenters. The van der Waals surface area contributed by atoms with Gasteiger partial charge in [-0.05, 0) is 43.6 Å². The van der Waals surface area contributed by atoms with Crippen molar-refractivity contribution in [3.05, 3.63) is 12.2 Å². The van der Waals surface area contributed by atoms with Crippen molar-refractivity contribution in [2.75, 3.05) is 0 Å². The highest BCUT2D eigenvalue weighted by molar-refractivity contribution is 5.71. The molecule has 0 aromatic carbocycles. The molecule has 2 N–H and O–H groups in total. The average Bonchev–Trinajstić information content (AvgIpc) is 2.47. The van der Waals surface area contributed by atoms with Gasteiger partial charge in [-0.3, -0.25) is 0 Å². The van der Waals surface area contributed by atoms with E-state index in [-0.39, 0.29) is 0 Å². The predicted octanol–water partition coefficient (Wildman–Crippen LogP) is 3.53. The first-order valence-corrected chi connectivity index (χ1v) is 7.72. The molecule has 0 spiro atoms. The van der Waals surface area contributed by atoms with Crippen LogP contribution in [0.1, 0.15) is 64.7 Å². The minimum absolute atomic E-state index is 0.311. The third kappa shape index (κ3) is 14.5. The molecule has 0 amide bonds. The van der Waals surface area contributed by atoms with Crippen molar-refractivity contribution >= 4 is 5.97 Å². The average molecular weight is 290 g/mol. The van der Waals surface area contributed by atoms with E-state index in [0.29, 0.717) is 12.8 Å². The second kappa shape index (κ2) is 14.7. The molecule has 0 aliphatic heterocycles. The van der Waals surface area contributed by atoms with Gasteiger partial charge in [0.1, 0.15) is 0 Å². The Kier molecular flexibility index (Phi) is 13.5. The molecular weight excluding hydrogens is 264 g/mol. The molecule has 3 nitrogen and oxygen atoms in total. The highest BCUT2D eigenvalue weighted by atomic mass is 16.4. The van der Waals surface area contributed by atoms with Crippen LogP contribution in [-0.4, -0.2) is 22.3 Å². The topological polar surface area (TPSA) is 57.5 Å². The van der Waals surface area contributed by atoms with Crippen molar-refractivity contribution in [1.29, 1.82) is 0 Å². The van der Waals surface area contributed by atoms with Crippen molar-refractivity contribution in [3.63, 3.8) is 0 Å². The fourth-order valence-electron chi connectivity index (χ4n) is 1.69. The maximum Gasteiger partial charge on any atom is 0.332 e. The van der Waals surface area contributed by atoms with Crippen molar-refractivity contribution in [2.24, 2.45) is 0 Å². The van der Waals surface area contributed by atoms with E-state index in [2.05, 4.69) is 36.7 Å². The second-order valence-electron chi connectivity index (χ2n) is 4.92. The van der Waals surface area contributed by atoms with Gasteiger partial charge in [0.15, 0.2) is 6.10 Å². The van der Waals surface area contributed by atoms with E-state index in [0.717, 1.165) is 25.7 Å². The largest absolute Gasteiger partial charge is 0.479 e. The number of hydrogen-bond acceptors (Lipinski definition) is 2. The number of hydrogen-bond donors (Lipinski definition) is 2. The molecule has 0 aromatic rings. The number of carboxylic acids is 1. The van der Waals surface area contributed by atoms with Gasteiger partial charge in [0.25, 0.3) is 0 Å². The smallest absolute Gasteiger partial charge is 0.332 e. The van der Waals surface area contributed by atoms with Gasteiger partial charge in [0.05, 0.1) is 0 Å². The van der Waals surface area contributed by atoms with Crippen LogP contribution in [0.2, 0.25) is 0 Å². The zero-order valence-electron chi connectivity index (χ0n) is 12.9. The third-order valence-corrected chi connectivity index (χ3v) is 2.96. The van der Waals surface area contributed by atoms with E-state index in [1.54, 1.807) is 0 Å². The van der Waals surface area contributed by atoms with Crippen molar-refractivity contribution in [2.45, 2.75) is 70.8 Å². The summed E-state index contributed by atoms with van der Waals surface area (Å²) >= 11 is 0. The molecule has 21 heavy (non-hydrogen) atoms. The number of carboxylic acid groups (broad SMARTS) is 1. The number of rotatable bonds is 10. The molecule has 3 heteroatoms. The molecular formula is C18H26O3. The lowest BCUT2D eigenvalue weighted by molar-refractivity contribution is -0.146. The lowest BCUT2D eigenvalue weighted by Gasteiger charge is -2.03. The molecule has 0 aliphatic carbocycles. The highest BCUT2D eigenvalue weighted by Crippen LogP contribution is 2.05. The first-order valence-electron chi connectivity index (χ1n) is 7.72. The Morgan fingerprint density at radius 2 is 1.95 bits per heavy atom. The van der Waals surface area contributed by atoms with Crippen LogP contribution in [0.15, 0.2) is 12.2 Å². The van der Waals surface area contributed by atoms with Gasteiger partial charge in [0, 0.05) is 6.42 Å². The minimum atomic E-state index is -1.23. The molecule has 0 radical (unpaired) electrons. The van der Waals surface area contributed by atoms with Crippen LogP contribution in [0, 0.1) is 23.7 Å². The number of aliphatic carboxylic acids is 1. The first kappa shape index (κ1) is 19.3. The summed E-state index contributed by atoms with van der Waals surface area (Å²) in [6.07, 6.45) is 11.1. The summed E-state index contributed by atoms with van der Waals surface area (Å²) < 4.78 is 0. The van der Waals surface area contributed by atoms with Crippen LogP contribution in [-0.2, 0) is 4.79 Å². The minimum Gasteiger partial charge on any atom is -0.479 e. The summed E-state index contributed by atoms with van der Waals surface area (Å²) in [5.41, 5.74) is 0. The summed E-state index contributed by atoms with van der Waals surface area (Å²) in [4.78, 5) is 10.4. The number of carbonyl (C=O) groups is 1. The van der Waals surface area contributed by atoms with Crippen molar-refractivity contribution in [3.8, 4) is 23.7 Å². The van der Waals surface area contributed by atoms with E-state index in [1.807, 2.05) is 6.08 Å². The van der Waals surface area contributed by atoms with Gasteiger partial charge < -0.3 is 10.2 Å². The summed E-state index contributed by atoms with van der Waals surface area (Å²) in [6, 6.07) is 0. The molecule has 0 bridgehead atoms. The molecule has 0 saturated carbocycles. The zero-order valence-corrected chi connectivity index (χ0v) is 12.9. The van der Waals surface area contributed by atoms with Gasteiger partial charge in [0.2, 0.25) is 0 Å². The maximum atomic E-state index is 10.4. The van der Waals surface area contributed by atoms with Gasteiger partial charge in [-0.2, -0.15) is 0 Å². The van der Waals surface area contributed by atoms with E-state index >= 15 is 0 Å². The number of unbranched alkanes of at least 4 members (excludes halogenated alkanes) is 6.